The molecule has 4 heteroatoms. The van der Waals surface area contributed by atoms with Gasteiger partial charge in [-0.15, -0.1) is 0 Å². The molecule has 1 spiro atoms. The average molecular weight is 282 g/mol. The Labute approximate surface area is 123 Å². The van der Waals surface area contributed by atoms with Crippen molar-refractivity contribution in [3.8, 4) is 0 Å². The van der Waals surface area contributed by atoms with Gasteiger partial charge in [0.1, 0.15) is 6.10 Å². The number of amides is 1. The van der Waals surface area contributed by atoms with Gasteiger partial charge in [0.05, 0.1) is 0 Å². The van der Waals surface area contributed by atoms with Crippen LogP contribution >= 0.6 is 0 Å². The van der Waals surface area contributed by atoms with E-state index in [1.807, 2.05) is 0 Å². The maximum Gasteiger partial charge on any atom is 0.407 e. The SMILES string of the molecule is CCCCCCCCNC(=O)OC1CC12CCNCC2. The second-order valence-corrected chi connectivity index (χ2v) is 6.40. The molecule has 2 fully saturated rings. The third kappa shape index (κ3) is 4.65. The van der Waals surface area contributed by atoms with Crippen molar-refractivity contribution in [2.24, 2.45) is 5.41 Å². The first kappa shape index (κ1) is 15.6. The highest BCUT2D eigenvalue weighted by Gasteiger charge is 2.56. The molecule has 1 aliphatic heterocycles. The molecule has 1 atom stereocenters. The number of carbonyl (C=O) groups excluding carboxylic acids is 1. The van der Waals surface area contributed by atoms with Crippen molar-refractivity contribution in [2.45, 2.75) is 70.8 Å². The summed E-state index contributed by atoms with van der Waals surface area (Å²) in [6.45, 7) is 5.12. The molecule has 20 heavy (non-hydrogen) atoms. The second kappa shape index (κ2) is 7.87. The van der Waals surface area contributed by atoms with Crippen LogP contribution in [0.5, 0.6) is 0 Å². The molecular weight excluding hydrogens is 252 g/mol. The first-order valence-corrected chi connectivity index (χ1v) is 8.42. The van der Waals surface area contributed by atoms with Crippen LogP contribution in [-0.4, -0.2) is 31.8 Å². The number of unbranched alkanes of at least 4 members (excludes halogenated alkanes) is 5. The van der Waals surface area contributed by atoms with E-state index in [1.165, 1.54) is 32.1 Å². The quantitative estimate of drug-likeness (QED) is 0.672. The zero-order chi connectivity index (χ0) is 14.3. The van der Waals surface area contributed by atoms with E-state index < -0.39 is 0 Å². The standard InChI is InChI=1S/C16H30N2O2/c1-2-3-4-5-6-7-10-18-15(19)20-14-13-16(14)8-11-17-12-9-16/h14,17H,2-13H2,1H3,(H,18,19). The number of nitrogens with one attached hydrogen (secondary N) is 2. The van der Waals surface area contributed by atoms with Crippen molar-refractivity contribution in [1.82, 2.24) is 10.6 Å². The largest absolute Gasteiger partial charge is 0.446 e. The molecule has 1 heterocycles. The highest BCUT2D eigenvalue weighted by Crippen LogP contribution is 2.54. The molecular formula is C16H30N2O2. The fraction of sp³-hybridized carbons (Fsp3) is 0.938. The zero-order valence-electron chi connectivity index (χ0n) is 12.9. The highest BCUT2D eigenvalue weighted by atomic mass is 16.6. The Morgan fingerprint density at radius 1 is 1.20 bits per heavy atom. The molecule has 2 N–H and O–H groups in total. The number of hydrogen-bond donors (Lipinski definition) is 2. The molecule has 0 radical (unpaired) electrons. The van der Waals surface area contributed by atoms with Gasteiger partial charge in [0.15, 0.2) is 0 Å². The number of alkyl carbamates (subject to hydrolysis) is 1. The van der Waals surface area contributed by atoms with Crippen LogP contribution < -0.4 is 10.6 Å². The molecule has 2 rings (SSSR count). The summed E-state index contributed by atoms with van der Waals surface area (Å²) in [5, 5.41) is 6.25. The van der Waals surface area contributed by atoms with Gasteiger partial charge in [-0.2, -0.15) is 0 Å². The number of carbonyl (C=O) groups is 1. The van der Waals surface area contributed by atoms with Gasteiger partial charge in [-0.3, -0.25) is 0 Å². The molecule has 0 aromatic rings. The average Bonchev–Trinajstić information content (AvgIpc) is 3.10. The van der Waals surface area contributed by atoms with Crippen LogP contribution in [-0.2, 0) is 4.74 Å². The Hall–Kier alpha value is -0.770. The summed E-state index contributed by atoms with van der Waals surface area (Å²) in [4.78, 5) is 11.7. The maximum atomic E-state index is 11.7. The van der Waals surface area contributed by atoms with Gasteiger partial charge in [-0.05, 0) is 38.8 Å². The van der Waals surface area contributed by atoms with Crippen LogP contribution in [0.3, 0.4) is 0 Å². The lowest BCUT2D eigenvalue weighted by molar-refractivity contribution is 0.114. The number of piperidine rings is 1. The number of hydrogen-bond acceptors (Lipinski definition) is 3. The van der Waals surface area contributed by atoms with E-state index in [2.05, 4.69) is 17.6 Å². The maximum absolute atomic E-state index is 11.7. The number of ether oxygens (including phenoxy) is 1. The lowest BCUT2D eigenvalue weighted by Crippen LogP contribution is -2.33. The van der Waals surface area contributed by atoms with E-state index in [0.29, 0.717) is 5.41 Å². The molecule has 4 nitrogen and oxygen atoms in total. The molecule has 0 bridgehead atoms. The van der Waals surface area contributed by atoms with Gasteiger partial charge in [0.2, 0.25) is 0 Å². The van der Waals surface area contributed by atoms with Crippen LogP contribution in [0.25, 0.3) is 0 Å². The van der Waals surface area contributed by atoms with Crippen LogP contribution in [0.1, 0.15) is 64.7 Å². The van der Waals surface area contributed by atoms with Crippen LogP contribution in [0.2, 0.25) is 0 Å². The van der Waals surface area contributed by atoms with Crippen molar-refractivity contribution in [1.29, 1.82) is 0 Å². The van der Waals surface area contributed by atoms with Crippen molar-refractivity contribution < 1.29 is 9.53 Å². The fourth-order valence-corrected chi connectivity index (χ4v) is 3.19. The third-order valence-electron chi connectivity index (χ3n) is 4.76. The topological polar surface area (TPSA) is 50.4 Å². The second-order valence-electron chi connectivity index (χ2n) is 6.40. The monoisotopic (exact) mass is 282 g/mol. The summed E-state index contributed by atoms with van der Waals surface area (Å²) in [6.07, 6.45) is 10.8. The molecule has 1 aliphatic carbocycles. The predicted molar refractivity (Wildman–Crippen MR) is 80.8 cm³/mol. The first-order chi connectivity index (χ1) is 9.77. The van der Waals surface area contributed by atoms with Crippen LogP contribution in [0.4, 0.5) is 4.79 Å². The lowest BCUT2D eigenvalue weighted by Gasteiger charge is -2.22. The Morgan fingerprint density at radius 3 is 2.65 bits per heavy atom. The highest BCUT2D eigenvalue weighted by molar-refractivity contribution is 5.67. The van der Waals surface area contributed by atoms with E-state index in [4.69, 9.17) is 4.74 Å². The smallest absolute Gasteiger partial charge is 0.407 e. The summed E-state index contributed by atoms with van der Waals surface area (Å²) >= 11 is 0. The molecule has 1 saturated heterocycles. The first-order valence-electron chi connectivity index (χ1n) is 8.42. The minimum atomic E-state index is -0.209. The summed E-state index contributed by atoms with van der Waals surface area (Å²) in [6, 6.07) is 0. The van der Waals surface area contributed by atoms with Crippen LogP contribution in [0, 0.1) is 5.41 Å². The fourth-order valence-electron chi connectivity index (χ4n) is 3.19. The number of rotatable bonds is 8. The minimum absolute atomic E-state index is 0.175. The van der Waals surface area contributed by atoms with Crippen molar-refractivity contribution in [3.05, 3.63) is 0 Å². The van der Waals surface area contributed by atoms with E-state index in [1.54, 1.807) is 0 Å². The van der Waals surface area contributed by atoms with Crippen molar-refractivity contribution >= 4 is 6.09 Å². The molecule has 0 aromatic carbocycles. The molecule has 1 amide bonds. The van der Waals surface area contributed by atoms with Gasteiger partial charge in [0, 0.05) is 12.0 Å². The summed E-state index contributed by atoms with van der Waals surface area (Å²) in [5.41, 5.74) is 0.322. The van der Waals surface area contributed by atoms with Gasteiger partial charge < -0.3 is 15.4 Å². The van der Waals surface area contributed by atoms with E-state index in [0.717, 1.165) is 45.3 Å². The summed E-state index contributed by atoms with van der Waals surface area (Å²) in [5.74, 6) is 0. The molecule has 1 saturated carbocycles. The van der Waals surface area contributed by atoms with Crippen molar-refractivity contribution in [3.63, 3.8) is 0 Å². The lowest BCUT2D eigenvalue weighted by atomic mass is 9.94. The molecule has 2 aliphatic rings. The summed E-state index contributed by atoms with van der Waals surface area (Å²) in [7, 11) is 0. The molecule has 0 aromatic heterocycles. The Kier molecular flexibility index (Phi) is 6.14. The predicted octanol–water partition coefficient (Wildman–Crippen LogP) is 3.22. The molecule has 1 unspecified atom stereocenters. The van der Waals surface area contributed by atoms with Gasteiger partial charge >= 0.3 is 6.09 Å². The Balaban J connectivity index is 1.47. The van der Waals surface area contributed by atoms with Gasteiger partial charge in [0.25, 0.3) is 0 Å². The van der Waals surface area contributed by atoms with Gasteiger partial charge in [-0.25, -0.2) is 4.79 Å². The van der Waals surface area contributed by atoms with Crippen LogP contribution in [0.15, 0.2) is 0 Å². The Bertz CT molecular complexity index is 301. The summed E-state index contributed by atoms with van der Waals surface area (Å²) < 4.78 is 5.52. The van der Waals surface area contributed by atoms with E-state index in [-0.39, 0.29) is 12.2 Å². The van der Waals surface area contributed by atoms with E-state index >= 15 is 0 Å². The van der Waals surface area contributed by atoms with Gasteiger partial charge in [-0.1, -0.05) is 39.0 Å². The third-order valence-corrected chi connectivity index (χ3v) is 4.76. The van der Waals surface area contributed by atoms with Crippen molar-refractivity contribution in [2.75, 3.05) is 19.6 Å². The minimum Gasteiger partial charge on any atom is -0.446 e. The Morgan fingerprint density at radius 2 is 1.90 bits per heavy atom. The zero-order valence-corrected chi connectivity index (χ0v) is 12.9. The normalized spacial score (nSPS) is 23.6. The van der Waals surface area contributed by atoms with E-state index in [9.17, 15) is 4.79 Å². The molecule has 116 valence electrons.